The van der Waals surface area contributed by atoms with Gasteiger partial charge in [0.25, 0.3) is 0 Å². The second-order valence-electron chi connectivity index (χ2n) is 4.62. The normalized spacial score (nSPS) is 21.8. The van der Waals surface area contributed by atoms with Gasteiger partial charge in [-0.3, -0.25) is 0 Å². The van der Waals surface area contributed by atoms with Crippen molar-refractivity contribution in [1.82, 2.24) is 4.98 Å². The highest BCUT2D eigenvalue weighted by Crippen LogP contribution is 2.23. The summed E-state index contributed by atoms with van der Waals surface area (Å²) in [6.45, 7) is 2.34. The molecule has 1 aromatic heterocycles. The lowest BCUT2D eigenvalue weighted by Crippen LogP contribution is -2.35. The third-order valence-corrected chi connectivity index (χ3v) is 4.81. The molecule has 6 nitrogen and oxygen atoms in total. The summed E-state index contributed by atoms with van der Waals surface area (Å²) in [6, 6.07) is 3.35. The van der Waals surface area contributed by atoms with Crippen LogP contribution in [0.3, 0.4) is 0 Å². The van der Waals surface area contributed by atoms with Gasteiger partial charge in [0.15, 0.2) is 9.84 Å². The minimum Gasteiger partial charge on any atom is -0.476 e. The van der Waals surface area contributed by atoms with Gasteiger partial charge in [0.05, 0.1) is 23.8 Å². The Kier molecular flexibility index (Phi) is 4.14. The average molecular weight is 285 g/mol. The van der Waals surface area contributed by atoms with Gasteiger partial charge in [-0.25, -0.2) is 8.42 Å². The number of hydrogen-bond acceptors (Lipinski definition) is 6. The summed E-state index contributed by atoms with van der Waals surface area (Å²) >= 11 is 0. The number of rotatable bonds is 4. The lowest BCUT2D eigenvalue weighted by molar-refractivity contribution is 0.329. The van der Waals surface area contributed by atoms with Crippen LogP contribution in [0.2, 0.25) is 0 Å². The Morgan fingerprint density at radius 3 is 3.00 bits per heavy atom. The molecule has 1 saturated heterocycles. The summed E-state index contributed by atoms with van der Waals surface area (Å²) < 4.78 is 28.5. The molecule has 0 bridgehead atoms. The van der Waals surface area contributed by atoms with Crippen molar-refractivity contribution < 1.29 is 13.2 Å². The number of nitrogens with one attached hydrogen (secondary N) is 1. The van der Waals surface area contributed by atoms with Crippen molar-refractivity contribution in [3.8, 4) is 5.88 Å². The predicted molar refractivity (Wildman–Crippen MR) is 75.1 cm³/mol. The maximum Gasteiger partial charge on any atom is 0.239 e. The van der Waals surface area contributed by atoms with Crippen LogP contribution < -0.4 is 15.8 Å². The molecule has 1 aromatic rings. The fourth-order valence-electron chi connectivity index (χ4n) is 2.13. The largest absolute Gasteiger partial charge is 0.476 e. The van der Waals surface area contributed by atoms with Crippen LogP contribution in [0.15, 0.2) is 12.1 Å². The molecular formula is C12H19N3O3S. The monoisotopic (exact) mass is 285 g/mol. The highest BCUT2D eigenvalue weighted by Gasteiger charge is 2.24. The van der Waals surface area contributed by atoms with Crippen LogP contribution in [-0.4, -0.2) is 37.6 Å². The third-order valence-electron chi connectivity index (χ3n) is 2.99. The van der Waals surface area contributed by atoms with Gasteiger partial charge in [0.1, 0.15) is 5.82 Å². The van der Waals surface area contributed by atoms with Crippen molar-refractivity contribution in [3.05, 3.63) is 12.1 Å². The molecule has 3 N–H and O–H groups in total. The van der Waals surface area contributed by atoms with Crippen molar-refractivity contribution >= 4 is 21.3 Å². The molecule has 0 spiro atoms. The number of sulfone groups is 1. The zero-order valence-corrected chi connectivity index (χ0v) is 11.7. The van der Waals surface area contributed by atoms with Crippen molar-refractivity contribution in [3.63, 3.8) is 0 Å². The quantitative estimate of drug-likeness (QED) is 0.858. The maximum atomic E-state index is 11.6. The van der Waals surface area contributed by atoms with E-state index < -0.39 is 9.84 Å². The van der Waals surface area contributed by atoms with Crippen LogP contribution in [-0.2, 0) is 9.84 Å². The standard InChI is InChI=1S/C12H19N3O3S/c1-2-18-12-10(13)5-6-11(15-12)14-9-4-3-7-19(16,17)8-9/h5-6,9H,2-4,7-8,13H2,1H3,(H,14,15). The molecule has 1 aliphatic heterocycles. The number of aromatic nitrogens is 1. The molecule has 1 atom stereocenters. The minimum atomic E-state index is -2.93. The van der Waals surface area contributed by atoms with Crippen molar-refractivity contribution in [2.24, 2.45) is 0 Å². The highest BCUT2D eigenvalue weighted by atomic mass is 32.2. The van der Waals surface area contributed by atoms with E-state index in [4.69, 9.17) is 10.5 Å². The lowest BCUT2D eigenvalue weighted by atomic mass is 10.2. The molecule has 0 radical (unpaired) electrons. The number of ether oxygens (including phenoxy) is 1. The van der Waals surface area contributed by atoms with Gasteiger partial charge in [-0.15, -0.1) is 0 Å². The molecule has 0 aromatic carbocycles. The molecule has 106 valence electrons. The van der Waals surface area contributed by atoms with E-state index in [1.807, 2.05) is 6.92 Å². The Balaban J connectivity index is 2.08. The molecular weight excluding hydrogens is 266 g/mol. The van der Waals surface area contributed by atoms with E-state index in [9.17, 15) is 8.42 Å². The lowest BCUT2D eigenvalue weighted by Gasteiger charge is -2.23. The Hall–Kier alpha value is -1.50. The van der Waals surface area contributed by atoms with Crippen molar-refractivity contribution in [1.29, 1.82) is 0 Å². The molecule has 1 aliphatic rings. The highest BCUT2D eigenvalue weighted by molar-refractivity contribution is 7.91. The first-order valence-electron chi connectivity index (χ1n) is 6.36. The summed E-state index contributed by atoms with van der Waals surface area (Å²) in [5, 5.41) is 3.14. The number of nitrogens with zero attached hydrogens (tertiary/aromatic N) is 1. The second kappa shape index (κ2) is 5.64. The van der Waals surface area contributed by atoms with E-state index in [-0.39, 0.29) is 17.5 Å². The van der Waals surface area contributed by atoms with E-state index >= 15 is 0 Å². The molecule has 0 saturated carbocycles. The Bertz CT molecular complexity index is 545. The Morgan fingerprint density at radius 1 is 1.53 bits per heavy atom. The second-order valence-corrected chi connectivity index (χ2v) is 6.85. The molecule has 7 heteroatoms. The first-order chi connectivity index (χ1) is 9.00. The first kappa shape index (κ1) is 13.9. The zero-order valence-electron chi connectivity index (χ0n) is 10.9. The molecule has 0 aliphatic carbocycles. The van der Waals surface area contributed by atoms with Crippen LogP contribution in [0.1, 0.15) is 19.8 Å². The molecule has 2 heterocycles. The molecule has 19 heavy (non-hydrogen) atoms. The van der Waals surface area contributed by atoms with Gasteiger partial charge in [-0.2, -0.15) is 4.98 Å². The topological polar surface area (TPSA) is 94.3 Å². The van der Waals surface area contributed by atoms with Gasteiger partial charge >= 0.3 is 0 Å². The first-order valence-corrected chi connectivity index (χ1v) is 8.18. The van der Waals surface area contributed by atoms with Crippen LogP contribution >= 0.6 is 0 Å². The van der Waals surface area contributed by atoms with E-state index in [2.05, 4.69) is 10.3 Å². The smallest absolute Gasteiger partial charge is 0.239 e. The average Bonchev–Trinajstić information content (AvgIpc) is 2.32. The van der Waals surface area contributed by atoms with Crippen LogP contribution in [0, 0.1) is 0 Å². The molecule has 2 rings (SSSR count). The summed E-state index contributed by atoms with van der Waals surface area (Å²) in [4.78, 5) is 4.25. The van der Waals surface area contributed by atoms with Gasteiger partial charge in [-0.05, 0) is 31.9 Å². The number of pyridine rings is 1. The van der Waals surface area contributed by atoms with Crippen LogP contribution in [0.25, 0.3) is 0 Å². The van der Waals surface area contributed by atoms with Gasteiger partial charge in [0, 0.05) is 6.04 Å². The summed E-state index contributed by atoms with van der Waals surface area (Å²) in [7, 11) is -2.93. The van der Waals surface area contributed by atoms with Gasteiger partial charge in [-0.1, -0.05) is 0 Å². The van der Waals surface area contributed by atoms with Crippen LogP contribution in [0.4, 0.5) is 11.5 Å². The summed E-state index contributed by atoms with van der Waals surface area (Å²) in [5.41, 5.74) is 6.22. The summed E-state index contributed by atoms with van der Waals surface area (Å²) in [6.07, 6.45) is 1.52. The molecule has 0 amide bonds. The van der Waals surface area contributed by atoms with Crippen molar-refractivity contribution in [2.75, 3.05) is 29.2 Å². The Morgan fingerprint density at radius 2 is 2.32 bits per heavy atom. The minimum absolute atomic E-state index is 0.0932. The van der Waals surface area contributed by atoms with Crippen LogP contribution in [0.5, 0.6) is 5.88 Å². The number of nitrogens with two attached hydrogens (primary N) is 1. The maximum absolute atomic E-state index is 11.6. The van der Waals surface area contributed by atoms with E-state index in [1.165, 1.54) is 0 Å². The van der Waals surface area contributed by atoms with Gasteiger partial charge in [0.2, 0.25) is 5.88 Å². The zero-order chi connectivity index (χ0) is 13.9. The molecule has 1 fully saturated rings. The fourth-order valence-corrected chi connectivity index (χ4v) is 3.77. The Labute approximate surface area is 113 Å². The predicted octanol–water partition coefficient (Wildman–Crippen LogP) is 1.05. The summed E-state index contributed by atoms with van der Waals surface area (Å²) in [5.74, 6) is 1.42. The van der Waals surface area contributed by atoms with E-state index in [0.29, 0.717) is 30.4 Å². The van der Waals surface area contributed by atoms with E-state index in [0.717, 1.165) is 6.42 Å². The fraction of sp³-hybridized carbons (Fsp3) is 0.583. The molecule has 1 unspecified atom stereocenters. The SMILES string of the molecule is CCOc1nc(NC2CCCS(=O)(=O)C2)ccc1N. The number of nitrogen functional groups attached to an aromatic ring is 1. The van der Waals surface area contributed by atoms with Crippen molar-refractivity contribution in [2.45, 2.75) is 25.8 Å². The van der Waals surface area contributed by atoms with E-state index in [1.54, 1.807) is 12.1 Å². The number of anilines is 2. The third kappa shape index (κ3) is 3.73. The van der Waals surface area contributed by atoms with Gasteiger partial charge < -0.3 is 15.8 Å². The number of hydrogen-bond donors (Lipinski definition) is 2.